The van der Waals surface area contributed by atoms with E-state index in [0.29, 0.717) is 19.6 Å². The van der Waals surface area contributed by atoms with Crippen LogP contribution in [0.3, 0.4) is 0 Å². The van der Waals surface area contributed by atoms with Gasteiger partial charge in [0, 0.05) is 13.0 Å². The van der Waals surface area contributed by atoms with Crippen LogP contribution in [0.4, 0.5) is 0 Å². The van der Waals surface area contributed by atoms with Crippen molar-refractivity contribution >= 4 is 5.97 Å². The van der Waals surface area contributed by atoms with Crippen molar-refractivity contribution in [2.24, 2.45) is 0 Å². The molecule has 0 aromatic heterocycles. The van der Waals surface area contributed by atoms with Gasteiger partial charge in [-0.1, -0.05) is 13.8 Å². The number of hydrogen-bond donors (Lipinski definition) is 0. The molecule has 17 heavy (non-hydrogen) atoms. The van der Waals surface area contributed by atoms with E-state index in [-0.39, 0.29) is 18.2 Å². The molecule has 0 aromatic rings. The molecule has 0 fully saturated rings. The van der Waals surface area contributed by atoms with E-state index in [9.17, 15) is 4.79 Å². The molecule has 0 amide bonds. The lowest BCUT2D eigenvalue weighted by Crippen LogP contribution is -2.24. The van der Waals surface area contributed by atoms with E-state index in [1.807, 2.05) is 20.8 Å². The van der Waals surface area contributed by atoms with Gasteiger partial charge in [0.05, 0.1) is 18.8 Å². The minimum atomic E-state index is -0.154. The summed E-state index contributed by atoms with van der Waals surface area (Å²) in [4.78, 5) is 11.1. The van der Waals surface area contributed by atoms with Crippen LogP contribution >= 0.6 is 0 Å². The number of carbonyl (C=O) groups is 1. The van der Waals surface area contributed by atoms with Crippen molar-refractivity contribution in [2.75, 3.05) is 19.8 Å². The molecule has 4 nitrogen and oxygen atoms in total. The van der Waals surface area contributed by atoms with E-state index in [4.69, 9.17) is 14.2 Å². The third kappa shape index (κ3) is 10.3. The summed E-state index contributed by atoms with van der Waals surface area (Å²) in [7, 11) is 0. The topological polar surface area (TPSA) is 44.8 Å². The summed E-state index contributed by atoms with van der Waals surface area (Å²) in [6.07, 6.45) is 2.31. The number of hydrogen-bond acceptors (Lipinski definition) is 4. The zero-order valence-electron chi connectivity index (χ0n) is 11.5. The molecular weight excluding hydrogens is 220 g/mol. The zero-order chi connectivity index (χ0) is 13.1. The van der Waals surface area contributed by atoms with Gasteiger partial charge in [0.2, 0.25) is 0 Å². The summed E-state index contributed by atoms with van der Waals surface area (Å²) >= 11 is 0. The van der Waals surface area contributed by atoms with Crippen molar-refractivity contribution < 1.29 is 19.0 Å². The molecule has 4 heteroatoms. The molecule has 0 heterocycles. The van der Waals surface area contributed by atoms with Gasteiger partial charge in [-0.05, 0) is 26.7 Å². The first-order valence-electron chi connectivity index (χ1n) is 6.48. The Morgan fingerprint density at radius 1 is 1.00 bits per heavy atom. The fraction of sp³-hybridized carbons (Fsp3) is 0.923. The predicted octanol–water partition coefficient (Wildman–Crippen LogP) is 2.55. The van der Waals surface area contributed by atoms with Crippen molar-refractivity contribution in [1.82, 2.24) is 0 Å². The minimum Gasteiger partial charge on any atom is -0.463 e. The summed E-state index contributed by atoms with van der Waals surface area (Å²) in [5.74, 6) is -0.154. The van der Waals surface area contributed by atoms with E-state index in [1.165, 1.54) is 0 Å². The van der Waals surface area contributed by atoms with E-state index < -0.39 is 0 Å². The summed E-state index contributed by atoms with van der Waals surface area (Å²) in [5.41, 5.74) is 0. The highest BCUT2D eigenvalue weighted by Gasteiger charge is 2.09. The Kier molecular flexibility index (Phi) is 10.2. The van der Waals surface area contributed by atoms with E-state index >= 15 is 0 Å². The molecule has 0 N–H and O–H groups in total. The van der Waals surface area contributed by atoms with Gasteiger partial charge in [-0.15, -0.1) is 0 Å². The van der Waals surface area contributed by atoms with Crippen molar-refractivity contribution in [3.05, 3.63) is 0 Å². The maximum atomic E-state index is 11.1. The van der Waals surface area contributed by atoms with Crippen LogP contribution in [0.15, 0.2) is 0 Å². The van der Waals surface area contributed by atoms with Crippen molar-refractivity contribution in [3.8, 4) is 0 Å². The lowest BCUT2D eigenvalue weighted by molar-refractivity contribution is -0.148. The molecule has 0 saturated carbocycles. The quantitative estimate of drug-likeness (QED) is 0.556. The summed E-state index contributed by atoms with van der Waals surface area (Å²) < 4.78 is 16.1. The minimum absolute atomic E-state index is 0.0801. The van der Waals surface area contributed by atoms with Crippen molar-refractivity contribution in [2.45, 2.75) is 59.2 Å². The van der Waals surface area contributed by atoms with E-state index in [2.05, 4.69) is 6.92 Å². The number of esters is 1. The normalized spacial score (nSPS) is 14.4. The summed E-state index contributed by atoms with van der Waals surface area (Å²) in [6, 6.07) is 0. The Morgan fingerprint density at radius 2 is 1.65 bits per heavy atom. The first kappa shape index (κ1) is 16.4. The largest absolute Gasteiger partial charge is 0.463 e. The molecule has 0 aliphatic carbocycles. The van der Waals surface area contributed by atoms with E-state index in [1.54, 1.807) is 0 Å². The smallest absolute Gasteiger partial charge is 0.305 e. The van der Waals surface area contributed by atoms with Gasteiger partial charge in [0.15, 0.2) is 0 Å². The van der Waals surface area contributed by atoms with Crippen LogP contribution in [0.2, 0.25) is 0 Å². The van der Waals surface area contributed by atoms with Gasteiger partial charge in [-0.2, -0.15) is 0 Å². The number of rotatable bonds is 10. The predicted molar refractivity (Wildman–Crippen MR) is 67.0 cm³/mol. The third-order valence-electron chi connectivity index (χ3n) is 2.16. The molecule has 2 unspecified atom stereocenters. The molecule has 0 spiro atoms. The van der Waals surface area contributed by atoms with Crippen LogP contribution in [-0.2, 0) is 19.0 Å². The van der Waals surface area contributed by atoms with Gasteiger partial charge >= 0.3 is 5.97 Å². The number of carbonyl (C=O) groups excluding carboxylic acids is 1. The Morgan fingerprint density at radius 3 is 2.24 bits per heavy atom. The summed E-state index contributed by atoms with van der Waals surface area (Å²) in [5, 5.41) is 0. The number of ether oxygens (including phenoxy) is 3. The van der Waals surface area contributed by atoms with Gasteiger partial charge in [0.25, 0.3) is 0 Å². The van der Waals surface area contributed by atoms with Gasteiger partial charge in [-0.25, -0.2) is 0 Å². The standard InChI is InChI=1S/C13H26O4/c1-5-7-13(14)17-10-12(4)16-9-11(3)15-8-6-2/h11-12H,5-10H2,1-4H3. The lowest BCUT2D eigenvalue weighted by Gasteiger charge is -2.17. The third-order valence-corrected chi connectivity index (χ3v) is 2.16. The molecule has 0 radical (unpaired) electrons. The Labute approximate surface area is 105 Å². The average molecular weight is 246 g/mol. The molecule has 0 rings (SSSR count). The second-order valence-corrected chi connectivity index (χ2v) is 4.26. The summed E-state index contributed by atoms with van der Waals surface area (Å²) in [6.45, 7) is 9.50. The molecule has 0 aliphatic rings. The first-order chi connectivity index (χ1) is 8.10. The lowest BCUT2D eigenvalue weighted by atomic mass is 10.3. The van der Waals surface area contributed by atoms with Crippen molar-refractivity contribution in [3.63, 3.8) is 0 Å². The Balaban J connectivity index is 3.51. The molecule has 0 aliphatic heterocycles. The van der Waals surface area contributed by atoms with Crippen LogP contribution in [0.1, 0.15) is 47.0 Å². The SMILES string of the molecule is CCCOC(C)COC(C)COC(=O)CCC. The molecule has 0 bridgehead atoms. The maximum Gasteiger partial charge on any atom is 0.305 e. The highest BCUT2D eigenvalue weighted by Crippen LogP contribution is 2.00. The van der Waals surface area contributed by atoms with Gasteiger partial charge in [0.1, 0.15) is 6.61 Å². The van der Waals surface area contributed by atoms with Gasteiger partial charge < -0.3 is 14.2 Å². The first-order valence-corrected chi connectivity index (χ1v) is 6.48. The highest BCUT2D eigenvalue weighted by atomic mass is 16.6. The Hall–Kier alpha value is -0.610. The fourth-order valence-electron chi connectivity index (χ4n) is 1.20. The fourth-order valence-corrected chi connectivity index (χ4v) is 1.20. The molecular formula is C13H26O4. The second-order valence-electron chi connectivity index (χ2n) is 4.26. The average Bonchev–Trinajstić information content (AvgIpc) is 2.31. The molecule has 2 atom stereocenters. The van der Waals surface area contributed by atoms with Crippen LogP contribution in [0, 0.1) is 0 Å². The zero-order valence-corrected chi connectivity index (χ0v) is 11.5. The van der Waals surface area contributed by atoms with Crippen molar-refractivity contribution in [1.29, 1.82) is 0 Å². The van der Waals surface area contributed by atoms with Gasteiger partial charge in [-0.3, -0.25) is 4.79 Å². The second kappa shape index (κ2) is 10.5. The van der Waals surface area contributed by atoms with Crippen LogP contribution in [-0.4, -0.2) is 38.0 Å². The molecule has 102 valence electrons. The highest BCUT2D eigenvalue weighted by molar-refractivity contribution is 5.69. The molecule has 0 aromatic carbocycles. The van der Waals surface area contributed by atoms with Crippen LogP contribution in [0.5, 0.6) is 0 Å². The van der Waals surface area contributed by atoms with Crippen LogP contribution in [0.25, 0.3) is 0 Å². The molecule has 0 saturated heterocycles. The van der Waals surface area contributed by atoms with Crippen LogP contribution < -0.4 is 0 Å². The monoisotopic (exact) mass is 246 g/mol. The Bertz CT molecular complexity index is 194. The van der Waals surface area contributed by atoms with E-state index in [0.717, 1.165) is 19.4 Å². The maximum absolute atomic E-state index is 11.1.